The van der Waals surface area contributed by atoms with Gasteiger partial charge in [-0.3, -0.25) is 19.0 Å². The summed E-state index contributed by atoms with van der Waals surface area (Å²) in [4.78, 5) is 48.0. The lowest BCUT2D eigenvalue weighted by molar-refractivity contribution is -0.135. The molecule has 2 aliphatic heterocycles. The van der Waals surface area contributed by atoms with Crippen molar-refractivity contribution in [3.8, 4) is 0 Å². The zero-order valence-electron chi connectivity index (χ0n) is 25.0. The first kappa shape index (κ1) is 29.6. The predicted octanol–water partition coefficient (Wildman–Crippen LogP) is 3.83. The number of morpholine rings is 1. The fraction of sp³-hybridized carbons (Fsp3) is 0.200. The van der Waals surface area contributed by atoms with Crippen molar-refractivity contribution in [2.45, 2.75) is 19.5 Å². The highest BCUT2D eigenvalue weighted by Crippen LogP contribution is 2.31. The summed E-state index contributed by atoms with van der Waals surface area (Å²) < 4.78 is 23.2. The number of rotatable bonds is 6. The maximum atomic E-state index is 14.2. The van der Waals surface area contributed by atoms with Crippen LogP contribution in [0.25, 0.3) is 17.0 Å². The molecule has 11 heteroatoms. The second-order valence-corrected chi connectivity index (χ2v) is 12.2. The number of hydrogen-bond acceptors (Lipinski definition) is 6. The van der Waals surface area contributed by atoms with Crippen molar-refractivity contribution in [3.05, 3.63) is 133 Å². The van der Waals surface area contributed by atoms with Crippen molar-refractivity contribution >= 4 is 45.8 Å². The van der Waals surface area contributed by atoms with Gasteiger partial charge in [0.25, 0.3) is 11.5 Å². The number of para-hydroxylation sites is 2. The molecule has 4 heterocycles. The van der Waals surface area contributed by atoms with Crippen LogP contribution in [0.15, 0.2) is 106 Å². The normalized spacial score (nSPS) is 16.8. The number of carbonyl (C=O) groups is 2. The fourth-order valence-electron chi connectivity index (χ4n) is 6.01. The lowest BCUT2D eigenvalue weighted by Gasteiger charge is -2.27. The molecule has 9 nitrogen and oxygen atoms in total. The van der Waals surface area contributed by atoms with Crippen LogP contribution in [0.3, 0.4) is 0 Å². The first-order valence-electron chi connectivity index (χ1n) is 15.0. The van der Waals surface area contributed by atoms with E-state index in [0.29, 0.717) is 58.2 Å². The lowest BCUT2D eigenvalue weighted by Crippen LogP contribution is -2.42. The number of hydrogen-bond donors (Lipinski definition) is 1. The van der Waals surface area contributed by atoms with Crippen LogP contribution in [0.4, 0.5) is 10.1 Å². The van der Waals surface area contributed by atoms with Crippen molar-refractivity contribution < 1.29 is 18.7 Å². The van der Waals surface area contributed by atoms with E-state index < -0.39 is 17.8 Å². The average molecular weight is 636 g/mol. The molecule has 7 rings (SSSR count). The van der Waals surface area contributed by atoms with Gasteiger partial charge in [-0.15, -0.1) is 0 Å². The standard InChI is InChI=1S/C35H30FN5O4S/c1-22-31(33(43)38-26-7-3-2-4-8-26)32(23-11-13-25(36)14-12-23)41-34(44)29(46-35(41)37-22)19-24-20-40(28-10-6-5-9-27(24)28)21-30(42)39-15-17-45-18-16-39/h2-14,19-20,32H,15-18,21H2,1H3,(H,38,43)/b29-19+/t32-/m0/s1. The Labute approximate surface area is 267 Å². The Morgan fingerprint density at radius 3 is 2.50 bits per heavy atom. The number of halogens is 1. The molecule has 0 unspecified atom stereocenters. The molecule has 0 radical (unpaired) electrons. The molecule has 0 saturated carbocycles. The summed E-state index contributed by atoms with van der Waals surface area (Å²) in [5, 5.41) is 3.82. The summed E-state index contributed by atoms with van der Waals surface area (Å²) in [6.45, 7) is 4.08. The molecular formula is C35H30FN5O4S. The SMILES string of the molecule is CC1=C(C(=O)Nc2ccccc2)[C@H](c2ccc(F)cc2)n2c(s/c(=C/c3cn(CC(=O)N4CCOCC4)c4ccccc34)c2=O)=N1. The molecule has 2 aromatic heterocycles. The maximum absolute atomic E-state index is 14.2. The molecule has 0 aliphatic carbocycles. The molecular weight excluding hydrogens is 605 g/mol. The van der Waals surface area contributed by atoms with E-state index in [-0.39, 0.29) is 18.0 Å². The van der Waals surface area contributed by atoms with Gasteiger partial charge in [0, 0.05) is 41.4 Å². The third-order valence-corrected chi connectivity index (χ3v) is 9.24. The molecule has 2 amide bonds. The van der Waals surface area contributed by atoms with Crippen LogP contribution in [0, 0.1) is 5.82 Å². The van der Waals surface area contributed by atoms with Gasteiger partial charge in [0.1, 0.15) is 12.4 Å². The van der Waals surface area contributed by atoms with E-state index in [1.54, 1.807) is 36.1 Å². The zero-order valence-corrected chi connectivity index (χ0v) is 25.8. The Morgan fingerprint density at radius 1 is 1.02 bits per heavy atom. The number of nitrogens with zero attached hydrogens (tertiary/aromatic N) is 4. The first-order valence-corrected chi connectivity index (χ1v) is 15.8. The van der Waals surface area contributed by atoms with Gasteiger partial charge < -0.3 is 19.5 Å². The topological polar surface area (TPSA) is 97.9 Å². The van der Waals surface area contributed by atoms with Crippen LogP contribution >= 0.6 is 11.3 Å². The van der Waals surface area contributed by atoms with Crippen LogP contribution in [0.5, 0.6) is 0 Å². The van der Waals surface area contributed by atoms with E-state index in [9.17, 15) is 18.8 Å². The highest BCUT2D eigenvalue weighted by atomic mass is 32.1. The van der Waals surface area contributed by atoms with Gasteiger partial charge in [0.05, 0.1) is 35.1 Å². The number of benzene rings is 3. The van der Waals surface area contributed by atoms with Crippen molar-refractivity contribution in [2.24, 2.45) is 4.99 Å². The highest BCUT2D eigenvalue weighted by Gasteiger charge is 2.32. The molecule has 1 saturated heterocycles. The Hall–Kier alpha value is -5.13. The summed E-state index contributed by atoms with van der Waals surface area (Å²) in [6.07, 6.45) is 3.70. The molecule has 1 atom stereocenters. The van der Waals surface area contributed by atoms with Crippen molar-refractivity contribution in [3.63, 3.8) is 0 Å². The molecule has 46 heavy (non-hydrogen) atoms. The third-order valence-electron chi connectivity index (χ3n) is 8.26. The van der Waals surface area contributed by atoms with E-state index in [4.69, 9.17) is 9.73 Å². The second-order valence-electron chi connectivity index (χ2n) is 11.2. The van der Waals surface area contributed by atoms with E-state index in [0.717, 1.165) is 16.5 Å². The minimum Gasteiger partial charge on any atom is -0.378 e. The molecule has 3 aromatic carbocycles. The molecule has 5 aromatic rings. The van der Waals surface area contributed by atoms with Gasteiger partial charge in [-0.05, 0) is 48.9 Å². The Balaban J connectivity index is 1.32. The second kappa shape index (κ2) is 12.3. The number of anilines is 1. The number of nitrogens with one attached hydrogen (secondary N) is 1. The lowest BCUT2D eigenvalue weighted by atomic mass is 9.95. The minimum absolute atomic E-state index is 0.00561. The number of carbonyl (C=O) groups excluding carboxylic acids is 2. The highest BCUT2D eigenvalue weighted by molar-refractivity contribution is 7.07. The Bertz CT molecular complexity index is 2180. The van der Waals surface area contributed by atoms with E-state index in [2.05, 4.69) is 5.32 Å². The van der Waals surface area contributed by atoms with Crippen molar-refractivity contribution in [2.75, 3.05) is 31.6 Å². The number of aromatic nitrogens is 2. The van der Waals surface area contributed by atoms with E-state index in [1.807, 2.05) is 59.3 Å². The zero-order chi connectivity index (χ0) is 31.8. The molecule has 0 spiro atoms. The van der Waals surface area contributed by atoms with Crippen LogP contribution in [0.1, 0.15) is 24.1 Å². The Kier molecular flexibility index (Phi) is 7.93. The van der Waals surface area contributed by atoms with Crippen LogP contribution < -0.4 is 20.2 Å². The fourth-order valence-corrected chi connectivity index (χ4v) is 7.05. The molecule has 1 fully saturated rings. The summed E-state index contributed by atoms with van der Waals surface area (Å²) in [5.74, 6) is -0.814. The minimum atomic E-state index is -0.824. The van der Waals surface area contributed by atoms with Crippen LogP contribution in [0.2, 0.25) is 0 Å². The van der Waals surface area contributed by atoms with Gasteiger partial charge in [-0.1, -0.05) is 59.9 Å². The molecule has 1 N–H and O–H groups in total. The van der Waals surface area contributed by atoms with E-state index in [1.165, 1.54) is 28.0 Å². The first-order chi connectivity index (χ1) is 22.4. The van der Waals surface area contributed by atoms with Gasteiger partial charge in [-0.2, -0.15) is 0 Å². The number of thiazole rings is 1. The van der Waals surface area contributed by atoms with Crippen molar-refractivity contribution in [1.82, 2.24) is 14.0 Å². The Morgan fingerprint density at radius 2 is 1.74 bits per heavy atom. The van der Waals surface area contributed by atoms with Crippen molar-refractivity contribution in [1.29, 1.82) is 0 Å². The monoisotopic (exact) mass is 635 g/mol. The molecule has 0 bridgehead atoms. The predicted molar refractivity (Wildman–Crippen MR) is 175 cm³/mol. The third kappa shape index (κ3) is 5.59. The largest absolute Gasteiger partial charge is 0.378 e. The van der Waals surface area contributed by atoms with Gasteiger partial charge >= 0.3 is 0 Å². The summed E-state index contributed by atoms with van der Waals surface area (Å²) in [7, 11) is 0. The quantitative estimate of drug-likeness (QED) is 0.307. The summed E-state index contributed by atoms with van der Waals surface area (Å²) in [6, 6.07) is 21.8. The number of fused-ring (bicyclic) bond motifs is 2. The van der Waals surface area contributed by atoms with Crippen LogP contribution in [-0.2, 0) is 20.9 Å². The maximum Gasteiger partial charge on any atom is 0.271 e. The van der Waals surface area contributed by atoms with Gasteiger partial charge in [0.15, 0.2) is 4.80 Å². The molecule has 232 valence electrons. The van der Waals surface area contributed by atoms with Crippen LogP contribution in [-0.4, -0.2) is 52.2 Å². The molecule has 2 aliphatic rings. The smallest absolute Gasteiger partial charge is 0.271 e. The number of amides is 2. The van der Waals surface area contributed by atoms with Gasteiger partial charge in [-0.25, -0.2) is 9.38 Å². The van der Waals surface area contributed by atoms with E-state index >= 15 is 0 Å². The number of allylic oxidation sites excluding steroid dienone is 1. The van der Waals surface area contributed by atoms with Gasteiger partial charge in [0.2, 0.25) is 5.91 Å². The number of ether oxygens (including phenoxy) is 1. The average Bonchev–Trinajstić information content (AvgIpc) is 3.57. The summed E-state index contributed by atoms with van der Waals surface area (Å²) in [5.41, 5.74) is 3.29. The summed E-state index contributed by atoms with van der Waals surface area (Å²) >= 11 is 1.22.